The van der Waals surface area contributed by atoms with Crippen LogP contribution >= 0.6 is 11.6 Å². The average Bonchev–Trinajstić information content (AvgIpc) is 2.61. The Morgan fingerprint density at radius 2 is 1.64 bits per heavy atom. The molecule has 0 atom stereocenters. The van der Waals surface area contributed by atoms with Crippen LogP contribution in [-0.4, -0.2) is 27.3 Å². The molecule has 0 saturated carbocycles. The number of rotatable bonds is 8. The first-order valence-electron chi connectivity index (χ1n) is 7.57. The predicted octanol–water partition coefficient (Wildman–Crippen LogP) is 3.45. The molecule has 6 nitrogen and oxygen atoms in total. The third-order valence-electron chi connectivity index (χ3n) is 3.33. The van der Waals surface area contributed by atoms with E-state index in [-0.39, 0.29) is 10.8 Å². The lowest BCUT2D eigenvalue weighted by Crippen LogP contribution is -2.14. The van der Waals surface area contributed by atoms with Crippen molar-refractivity contribution in [2.24, 2.45) is 0 Å². The maximum absolute atomic E-state index is 12.4. The van der Waals surface area contributed by atoms with E-state index in [9.17, 15) is 13.2 Å². The van der Waals surface area contributed by atoms with E-state index in [4.69, 9.17) is 16.3 Å². The van der Waals surface area contributed by atoms with Crippen molar-refractivity contribution in [2.75, 3.05) is 23.0 Å². The van der Waals surface area contributed by atoms with Gasteiger partial charge in [0.2, 0.25) is 5.91 Å². The van der Waals surface area contributed by atoms with Crippen LogP contribution in [0.5, 0.6) is 5.75 Å². The number of benzene rings is 2. The van der Waals surface area contributed by atoms with Gasteiger partial charge in [-0.25, -0.2) is 8.42 Å². The second-order valence-corrected chi connectivity index (χ2v) is 7.26. The van der Waals surface area contributed by atoms with E-state index in [1.807, 2.05) is 0 Å². The van der Waals surface area contributed by atoms with Gasteiger partial charge in [-0.3, -0.25) is 9.52 Å². The highest BCUT2D eigenvalue weighted by Gasteiger charge is 2.14. The van der Waals surface area contributed by atoms with E-state index >= 15 is 0 Å². The van der Waals surface area contributed by atoms with Crippen LogP contribution in [0, 0.1) is 0 Å². The molecule has 0 saturated heterocycles. The number of amides is 1. The van der Waals surface area contributed by atoms with Crippen LogP contribution in [0.2, 0.25) is 0 Å². The number of halogens is 1. The van der Waals surface area contributed by atoms with Gasteiger partial charge >= 0.3 is 0 Å². The fourth-order valence-corrected chi connectivity index (χ4v) is 3.23. The van der Waals surface area contributed by atoms with Crippen molar-refractivity contribution < 1.29 is 17.9 Å². The first kappa shape index (κ1) is 19.1. The van der Waals surface area contributed by atoms with Crippen molar-refractivity contribution in [3.63, 3.8) is 0 Å². The highest BCUT2D eigenvalue weighted by Crippen LogP contribution is 2.20. The summed E-state index contributed by atoms with van der Waals surface area (Å²) in [6.45, 7) is 0. The lowest BCUT2D eigenvalue weighted by molar-refractivity contribution is -0.116. The Kier molecular flexibility index (Phi) is 6.66. The van der Waals surface area contributed by atoms with Gasteiger partial charge in [-0.15, -0.1) is 11.6 Å². The van der Waals surface area contributed by atoms with Gasteiger partial charge in [0, 0.05) is 23.7 Å². The number of alkyl halides is 1. The Balaban J connectivity index is 2.05. The zero-order valence-corrected chi connectivity index (χ0v) is 15.2. The summed E-state index contributed by atoms with van der Waals surface area (Å²) in [6.07, 6.45) is 0.911. The summed E-state index contributed by atoms with van der Waals surface area (Å²) in [5.41, 5.74) is 0.960. The second kappa shape index (κ2) is 8.73. The van der Waals surface area contributed by atoms with E-state index in [2.05, 4.69) is 10.0 Å². The van der Waals surface area contributed by atoms with Crippen molar-refractivity contribution in [2.45, 2.75) is 17.7 Å². The van der Waals surface area contributed by atoms with Crippen LogP contribution in [0.3, 0.4) is 0 Å². The minimum Gasteiger partial charge on any atom is -0.497 e. The van der Waals surface area contributed by atoms with Crippen molar-refractivity contribution in [3.05, 3.63) is 48.5 Å². The number of carbonyl (C=O) groups excluding carboxylic acids is 1. The molecule has 0 aliphatic rings. The normalized spacial score (nSPS) is 11.0. The van der Waals surface area contributed by atoms with E-state index in [1.54, 1.807) is 36.4 Å². The summed E-state index contributed by atoms with van der Waals surface area (Å²) in [4.78, 5) is 11.7. The maximum atomic E-state index is 12.4. The number of hydrogen-bond donors (Lipinski definition) is 2. The number of methoxy groups -OCH3 is 1. The van der Waals surface area contributed by atoms with Gasteiger partial charge in [-0.1, -0.05) is 0 Å². The predicted molar refractivity (Wildman–Crippen MR) is 98.8 cm³/mol. The van der Waals surface area contributed by atoms with Crippen LogP contribution in [0.1, 0.15) is 12.8 Å². The van der Waals surface area contributed by atoms with Gasteiger partial charge in [0.1, 0.15) is 5.75 Å². The lowest BCUT2D eigenvalue weighted by Gasteiger charge is -2.10. The van der Waals surface area contributed by atoms with Crippen molar-refractivity contribution in [1.82, 2.24) is 0 Å². The lowest BCUT2D eigenvalue weighted by atomic mass is 10.3. The molecule has 25 heavy (non-hydrogen) atoms. The minimum absolute atomic E-state index is 0.0991. The second-order valence-electron chi connectivity index (χ2n) is 5.20. The number of sulfonamides is 1. The van der Waals surface area contributed by atoms with Gasteiger partial charge in [0.05, 0.1) is 12.0 Å². The molecule has 0 spiro atoms. The zero-order chi connectivity index (χ0) is 18.3. The summed E-state index contributed by atoms with van der Waals surface area (Å²) in [7, 11) is -2.18. The standard InChI is InChI=1S/C17H19ClN2O4S/c1-24-15-8-4-14(5-9-15)20-25(22,23)16-10-6-13(7-11-16)19-17(21)3-2-12-18/h4-11,20H,2-3,12H2,1H3,(H,19,21). The van der Waals surface area contributed by atoms with E-state index in [1.165, 1.54) is 19.2 Å². The number of nitrogens with one attached hydrogen (secondary N) is 2. The Hall–Kier alpha value is -2.25. The van der Waals surface area contributed by atoms with Gasteiger partial charge in [0.25, 0.3) is 10.0 Å². The van der Waals surface area contributed by atoms with Crippen LogP contribution in [0.4, 0.5) is 11.4 Å². The topological polar surface area (TPSA) is 84.5 Å². The van der Waals surface area contributed by atoms with Crippen molar-refractivity contribution in [3.8, 4) is 5.75 Å². The molecule has 2 rings (SSSR count). The Labute approximate surface area is 152 Å². The third-order valence-corrected chi connectivity index (χ3v) is 4.99. The smallest absolute Gasteiger partial charge is 0.261 e. The number of ether oxygens (including phenoxy) is 1. The van der Waals surface area contributed by atoms with E-state index < -0.39 is 10.0 Å². The minimum atomic E-state index is -3.71. The summed E-state index contributed by atoms with van der Waals surface area (Å²) in [6, 6.07) is 12.5. The fourth-order valence-electron chi connectivity index (χ4n) is 2.04. The molecule has 2 aromatic carbocycles. The zero-order valence-electron chi connectivity index (χ0n) is 13.7. The molecule has 0 unspecified atom stereocenters. The molecule has 0 radical (unpaired) electrons. The molecular weight excluding hydrogens is 364 g/mol. The molecule has 0 bridgehead atoms. The molecule has 1 amide bonds. The average molecular weight is 383 g/mol. The Morgan fingerprint density at radius 3 is 2.20 bits per heavy atom. The van der Waals surface area contributed by atoms with Crippen LogP contribution in [0.25, 0.3) is 0 Å². The molecule has 2 aromatic rings. The molecule has 8 heteroatoms. The monoisotopic (exact) mass is 382 g/mol. The summed E-state index contributed by atoms with van der Waals surface area (Å²) in [5.74, 6) is 0.895. The SMILES string of the molecule is COc1ccc(NS(=O)(=O)c2ccc(NC(=O)CCCCl)cc2)cc1. The first-order valence-corrected chi connectivity index (χ1v) is 9.59. The van der Waals surface area contributed by atoms with E-state index in [0.29, 0.717) is 35.8 Å². The fraction of sp³-hybridized carbons (Fsp3) is 0.235. The Morgan fingerprint density at radius 1 is 1.04 bits per heavy atom. The van der Waals surface area contributed by atoms with E-state index in [0.717, 1.165) is 0 Å². The number of anilines is 2. The molecule has 0 fully saturated rings. The molecule has 0 heterocycles. The molecule has 0 aliphatic carbocycles. The van der Waals surface area contributed by atoms with Crippen molar-refractivity contribution >= 4 is 38.9 Å². The van der Waals surface area contributed by atoms with Crippen LogP contribution in [0.15, 0.2) is 53.4 Å². The van der Waals surface area contributed by atoms with Gasteiger partial charge < -0.3 is 10.1 Å². The summed E-state index contributed by atoms with van der Waals surface area (Å²) < 4.78 is 32.3. The molecule has 134 valence electrons. The largest absolute Gasteiger partial charge is 0.497 e. The molecule has 0 aromatic heterocycles. The number of hydrogen-bond acceptors (Lipinski definition) is 4. The van der Waals surface area contributed by atoms with Gasteiger partial charge in [0.15, 0.2) is 0 Å². The number of carbonyl (C=O) groups is 1. The first-order chi connectivity index (χ1) is 11.9. The highest BCUT2D eigenvalue weighted by molar-refractivity contribution is 7.92. The van der Waals surface area contributed by atoms with Gasteiger partial charge in [-0.05, 0) is 55.0 Å². The molecule has 2 N–H and O–H groups in total. The highest BCUT2D eigenvalue weighted by atomic mass is 35.5. The summed E-state index contributed by atoms with van der Waals surface area (Å²) >= 11 is 5.54. The van der Waals surface area contributed by atoms with Gasteiger partial charge in [-0.2, -0.15) is 0 Å². The maximum Gasteiger partial charge on any atom is 0.261 e. The summed E-state index contributed by atoms with van der Waals surface area (Å²) in [5, 5.41) is 2.69. The third kappa shape index (κ3) is 5.65. The molecular formula is C17H19ClN2O4S. The van der Waals surface area contributed by atoms with Crippen LogP contribution in [-0.2, 0) is 14.8 Å². The van der Waals surface area contributed by atoms with Crippen molar-refractivity contribution in [1.29, 1.82) is 0 Å². The van der Waals surface area contributed by atoms with Crippen LogP contribution < -0.4 is 14.8 Å². The quantitative estimate of drug-likeness (QED) is 0.685. The Bertz CT molecular complexity index is 806. The molecule has 0 aliphatic heterocycles.